The molecule has 3 rings (SSSR count). The summed E-state index contributed by atoms with van der Waals surface area (Å²) in [7, 11) is 0. The van der Waals surface area contributed by atoms with Crippen LogP contribution in [-0.2, 0) is 11.2 Å². The Morgan fingerprint density at radius 2 is 2.29 bits per heavy atom. The summed E-state index contributed by atoms with van der Waals surface area (Å²) in [6.45, 7) is 3.00. The molecule has 7 nitrogen and oxygen atoms in total. The molecule has 1 saturated heterocycles. The molecule has 112 valence electrons. The van der Waals surface area contributed by atoms with Crippen LogP contribution in [0.1, 0.15) is 18.9 Å². The van der Waals surface area contributed by atoms with Crippen molar-refractivity contribution in [3.8, 4) is 0 Å². The predicted octanol–water partition coefficient (Wildman–Crippen LogP) is 1.30. The molecule has 0 aliphatic carbocycles. The fraction of sp³-hybridized carbons (Fsp3) is 0.500. The van der Waals surface area contributed by atoms with Crippen molar-refractivity contribution in [3.05, 3.63) is 27.8 Å². The van der Waals surface area contributed by atoms with E-state index < -0.39 is 11.0 Å². The zero-order valence-electron chi connectivity index (χ0n) is 11.7. The van der Waals surface area contributed by atoms with Crippen LogP contribution < -0.4 is 10.2 Å². The van der Waals surface area contributed by atoms with E-state index in [0.717, 1.165) is 6.42 Å². The number of nitrogens with zero attached hydrogens (tertiary/aromatic N) is 2. The first-order valence-corrected chi connectivity index (χ1v) is 7.00. The Morgan fingerprint density at radius 1 is 1.52 bits per heavy atom. The topological polar surface area (TPSA) is 95.7 Å². The van der Waals surface area contributed by atoms with Crippen LogP contribution in [0.4, 0.5) is 17.1 Å². The van der Waals surface area contributed by atoms with Crippen LogP contribution in [0.15, 0.2) is 12.1 Å². The molecule has 0 spiro atoms. The maximum absolute atomic E-state index is 11.4. The van der Waals surface area contributed by atoms with Crippen molar-refractivity contribution in [2.45, 2.75) is 25.9 Å². The second-order valence-corrected chi connectivity index (χ2v) is 5.72. The average Bonchev–Trinajstić information content (AvgIpc) is 3.01. The van der Waals surface area contributed by atoms with Gasteiger partial charge in [-0.25, -0.2) is 0 Å². The van der Waals surface area contributed by atoms with E-state index in [0.29, 0.717) is 30.0 Å². The van der Waals surface area contributed by atoms with E-state index in [1.165, 1.54) is 6.07 Å². The molecule has 2 atom stereocenters. The molecule has 1 aromatic rings. The van der Waals surface area contributed by atoms with Crippen LogP contribution in [0.25, 0.3) is 0 Å². The van der Waals surface area contributed by atoms with Gasteiger partial charge in [-0.1, -0.05) is 0 Å². The first-order valence-electron chi connectivity index (χ1n) is 7.00. The summed E-state index contributed by atoms with van der Waals surface area (Å²) >= 11 is 0. The van der Waals surface area contributed by atoms with Gasteiger partial charge in [0.1, 0.15) is 5.69 Å². The number of rotatable bonds is 3. The van der Waals surface area contributed by atoms with Gasteiger partial charge in [0.2, 0.25) is 5.91 Å². The Bertz CT molecular complexity index is 614. The first-order chi connectivity index (χ1) is 9.95. The van der Waals surface area contributed by atoms with Crippen LogP contribution in [0, 0.1) is 16.0 Å². The number of nitro groups is 1. The number of aliphatic hydroxyl groups is 1. The van der Waals surface area contributed by atoms with Crippen molar-refractivity contribution >= 4 is 23.0 Å². The molecule has 7 heteroatoms. The van der Waals surface area contributed by atoms with Gasteiger partial charge < -0.3 is 15.3 Å². The number of aliphatic hydroxyl groups excluding tert-OH is 1. The van der Waals surface area contributed by atoms with Crippen molar-refractivity contribution in [3.63, 3.8) is 0 Å². The lowest BCUT2D eigenvalue weighted by atomic mass is 10.0. The number of amides is 1. The second kappa shape index (κ2) is 5.00. The largest absolute Gasteiger partial charge is 0.393 e. The third-order valence-electron chi connectivity index (χ3n) is 4.27. The highest BCUT2D eigenvalue weighted by molar-refractivity contribution is 6.00. The number of anilines is 2. The number of hydrogen-bond acceptors (Lipinski definition) is 5. The molecule has 2 N–H and O–H groups in total. The molecule has 2 unspecified atom stereocenters. The Kier molecular flexibility index (Phi) is 3.29. The van der Waals surface area contributed by atoms with Gasteiger partial charge >= 0.3 is 0 Å². The molecule has 0 bridgehead atoms. The number of carbonyl (C=O) groups is 1. The average molecular weight is 291 g/mol. The summed E-state index contributed by atoms with van der Waals surface area (Å²) < 4.78 is 0. The number of carbonyl (C=O) groups excluding carboxylic acids is 1. The number of fused-ring (bicyclic) bond motifs is 1. The predicted molar refractivity (Wildman–Crippen MR) is 77.4 cm³/mol. The van der Waals surface area contributed by atoms with E-state index in [-0.39, 0.29) is 23.9 Å². The van der Waals surface area contributed by atoms with Crippen LogP contribution >= 0.6 is 0 Å². The molecule has 2 aliphatic heterocycles. The smallest absolute Gasteiger partial charge is 0.292 e. The van der Waals surface area contributed by atoms with Gasteiger partial charge in [-0.15, -0.1) is 0 Å². The van der Waals surface area contributed by atoms with Gasteiger partial charge in [0.15, 0.2) is 0 Å². The first kappa shape index (κ1) is 13.8. The number of benzene rings is 1. The van der Waals surface area contributed by atoms with Crippen molar-refractivity contribution in [2.75, 3.05) is 23.3 Å². The van der Waals surface area contributed by atoms with Crippen LogP contribution in [0.5, 0.6) is 0 Å². The normalized spacial score (nSPS) is 22.1. The summed E-state index contributed by atoms with van der Waals surface area (Å²) in [5, 5.41) is 23.7. The maximum atomic E-state index is 11.4. The van der Waals surface area contributed by atoms with Crippen LogP contribution in [0.2, 0.25) is 0 Å². The lowest BCUT2D eigenvalue weighted by Crippen LogP contribution is -2.24. The number of hydrogen-bond donors (Lipinski definition) is 2. The summed E-state index contributed by atoms with van der Waals surface area (Å²) in [6, 6.07) is 3.17. The SMILES string of the molecule is CC(O)C1CCN(c2cc3c(cc2[N+](=O)[O-])CC(=O)N3)C1. The molecule has 1 fully saturated rings. The Hall–Kier alpha value is -2.15. The highest BCUT2D eigenvalue weighted by atomic mass is 16.6. The molecule has 0 saturated carbocycles. The fourth-order valence-electron chi connectivity index (χ4n) is 3.05. The third kappa shape index (κ3) is 2.44. The van der Waals surface area contributed by atoms with Gasteiger partial charge in [0.05, 0.1) is 17.4 Å². The summed E-state index contributed by atoms with van der Waals surface area (Å²) in [5.41, 5.74) is 1.86. The molecule has 0 radical (unpaired) electrons. The minimum absolute atomic E-state index is 0.0245. The van der Waals surface area contributed by atoms with Gasteiger partial charge in [-0.2, -0.15) is 0 Å². The minimum Gasteiger partial charge on any atom is -0.393 e. The van der Waals surface area contributed by atoms with E-state index in [4.69, 9.17) is 0 Å². The van der Waals surface area contributed by atoms with E-state index in [1.54, 1.807) is 13.0 Å². The molecular formula is C14H17N3O4. The van der Waals surface area contributed by atoms with Gasteiger partial charge in [-0.3, -0.25) is 14.9 Å². The van der Waals surface area contributed by atoms with Crippen molar-refractivity contribution in [2.24, 2.45) is 5.92 Å². The molecule has 2 heterocycles. The zero-order chi connectivity index (χ0) is 15.1. The standard InChI is InChI=1S/C14H17N3O4/c1-8(18)9-2-3-16(7-9)12-6-11-10(5-14(19)15-11)4-13(12)17(20)21/h4,6,8-9,18H,2-3,5,7H2,1H3,(H,15,19). The van der Waals surface area contributed by atoms with Gasteiger partial charge in [0, 0.05) is 30.8 Å². The van der Waals surface area contributed by atoms with Gasteiger partial charge in [0.25, 0.3) is 5.69 Å². The third-order valence-corrected chi connectivity index (χ3v) is 4.27. The summed E-state index contributed by atoms with van der Waals surface area (Å²) in [4.78, 5) is 24.2. The van der Waals surface area contributed by atoms with E-state index in [2.05, 4.69) is 5.32 Å². The van der Waals surface area contributed by atoms with E-state index in [9.17, 15) is 20.0 Å². The molecular weight excluding hydrogens is 274 g/mol. The molecule has 1 amide bonds. The van der Waals surface area contributed by atoms with Crippen molar-refractivity contribution < 1.29 is 14.8 Å². The van der Waals surface area contributed by atoms with Gasteiger partial charge in [-0.05, 0) is 25.0 Å². The second-order valence-electron chi connectivity index (χ2n) is 5.72. The quantitative estimate of drug-likeness (QED) is 0.646. The van der Waals surface area contributed by atoms with Crippen molar-refractivity contribution in [1.82, 2.24) is 0 Å². The lowest BCUT2D eigenvalue weighted by Gasteiger charge is -2.20. The minimum atomic E-state index is -0.428. The highest BCUT2D eigenvalue weighted by Gasteiger charge is 2.32. The Labute approximate surface area is 121 Å². The summed E-state index contributed by atoms with van der Waals surface area (Å²) in [6.07, 6.45) is 0.563. The molecule has 1 aromatic carbocycles. The Balaban J connectivity index is 1.96. The summed E-state index contributed by atoms with van der Waals surface area (Å²) in [5.74, 6) is -0.0211. The maximum Gasteiger partial charge on any atom is 0.292 e. The fourth-order valence-corrected chi connectivity index (χ4v) is 3.05. The van der Waals surface area contributed by atoms with E-state index >= 15 is 0 Å². The Morgan fingerprint density at radius 3 is 2.90 bits per heavy atom. The lowest BCUT2D eigenvalue weighted by molar-refractivity contribution is -0.384. The monoisotopic (exact) mass is 291 g/mol. The molecule has 2 aliphatic rings. The molecule has 0 aromatic heterocycles. The number of nitrogens with one attached hydrogen (secondary N) is 1. The van der Waals surface area contributed by atoms with Crippen LogP contribution in [-0.4, -0.2) is 35.1 Å². The number of nitro benzene ring substituents is 1. The molecule has 21 heavy (non-hydrogen) atoms. The van der Waals surface area contributed by atoms with Crippen molar-refractivity contribution in [1.29, 1.82) is 0 Å². The van der Waals surface area contributed by atoms with Crippen LogP contribution in [0.3, 0.4) is 0 Å². The zero-order valence-corrected chi connectivity index (χ0v) is 11.7. The highest BCUT2D eigenvalue weighted by Crippen LogP contribution is 2.39. The van der Waals surface area contributed by atoms with E-state index in [1.807, 2.05) is 4.90 Å².